The number of hydrogen-bond acceptors (Lipinski definition) is 0. The molecule has 0 amide bonds. The van der Waals surface area contributed by atoms with Gasteiger partial charge in [0.2, 0.25) is 0 Å². The molecule has 0 atom stereocenters. The Labute approximate surface area is 214 Å². The van der Waals surface area contributed by atoms with Gasteiger partial charge in [0.05, 0.1) is 0 Å². The molecule has 0 fully saturated rings. The summed E-state index contributed by atoms with van der Waals surface area (Å²) in [5.41, 5.74) is 17.8. The molecule has 3 rings (SSSR count). The number of rotatable bonds is 8. The van der Waals surface area contributed by atoms with Gasteiger partial charge in [0.1, 0.15) is 0 Å². The molecule has 0 heteroatoms. The highest BCUT2D eigenvalue weighted by molar-refractivity contribution is 5.46. The first kappa shape index (κ1) is 26.5. The number of hydrogen-bond donors (Lipinski definition) is 0. The van der Waals surface area contributed by atoms with E-state index in [9.17, 15) is 0 Å². The Morgan fingerprint density at radius 3 is 1.86 bits per heavy atom. The Morgan fingerprint density at radius 1 is 0.686 bits per heavy atom. The fourth-order valence-electron chi connectivity index (χ4n) is 4.81. The molecule has 3 aromatic carbocycles. The third kappa shape index (κ3) is 6.95. The van der Waals surface area contributed by atoms with Gasteiger partial charge >= 0.3 is 0 Å². The lowest BCUT2D eigenvalue weighted by molar-refractivity contribution is 1.06. The van der Waals surface area contributed by atoms with Gasteiger partial charge in [-0.3, -0.25) is 0 Å². The lowest BCUT2D eigenvalue weighted by Gasteiger charge is -2.16. The van der Waals surface area contributed by atoms with Crippen LogP contribution in [0.3, 0.4) is 0 Å². The minimum absolute atomic E-state index is 0.950. The van der Waals surface area contributed by atoms with E-state index in [0.29, 0.717) is 0 Å². The van der Waals surface area contributed by atoms with Crippen molar-refractivity contribution in [2.45, 2.75) is 74.7 Å². The Kier molecular flexibility index (Phi) is 8.73. The van der Waals surface area contributed by atoms with Crippen LogP contribution in [0.4, 0.5) is 0 Å². The summed E-state index contributed by atoms with van der Waals surface area (Å²) < 4.78 is 0. The summed E-state index contributed by atoms with van der Waals surface area (Å²) in [6, 6.07) is 16.4. The zero-order chi connectivity index (χ0) is 25.7. The maximum Gasteiger partial charge on any atom is -0.00203 e. The fourth-order valence-corrected chi connectivity index (χ4v) is 4.81. The van der Waals surface area contributed by atoms with Crippen LogP contribution in [0.5, 0.6) is 0 Å². The molecule has 0 unspecified atom stereocenters. The van der Waals surface area contributed by atoms with Gasteiger partial charge in [-0.05, 0) is 136 Å². The second kappa shape index (κ2) is 11.5. The summed E-state index contributed by atoms with van der Waals surface area (Å²) in [7, 11) is 0. The smallest absolute Gasteiger partial charge is 0.00203 e. The van der Waals surface area contributed by atoms with Crippen molar-refractivity contribution in [2.75, 3.05) is 0 Å². The van der Waals surface area contributed by atoms with E-state index >= 15 is 0 Å². The summed E-state index contributed by atoms with van der Waals surface area (Å²) in [5, 5.41) is 0. The Morgan fingerprint density at radius 2 is 1.29 bits per heavy atom. The summed E-state index contributed by atoms with van der Waals surface area (Å²) in [6.07, 6.45) is 9.42. The summed E-state index contributed by atoms with van der Waals surface area (Å²) in [4.78, 5) is 0. The molecule has 0 spiro atoms. The lowest BCUT2D eigenvalue weighted by atomic mass is 9.89. The lowest BCUT2D eigenvalue weighted by Crippen LogP contribution is -2.02. The van der Waals surface area contributed by atoms with Gasteiger partial charge in [-0.25, -0.2) is 0 Å². The predicted octanol–water partition coefficient (Wildman–Crippen LogP) is 9.34. The maximum absolute atomic E-state index is 4.00. The van der Waals surface area contributed by atoms with Crippen molar-refractivity contribution >= 4 is 0 Å². The highest BCUT2D eigenvalue weighted by atomic mass is 14.2. The Hall–Kier alpha value is -3.12. The number of aryl methyl sites for hydroxylation is 4. The molecule has 3 aromatic rings. The molecule has 0 heterocycles. The van der Waals surface area contributed by atoms with Crippen LogP contribution in [0.15, 0.2) is 78.4 Å². The molecule has 0 aliphatic rings. The van der Waals surface area contributed by atoms with E-state index in [-0.39, 0.29) is 0 Å². The molecular weight excluding hydrogens is 420 g/mol. The third-order valence-electron chi connectivity index (χ3n) is 7.30. The van der Waals surface area contributed by atoms with E-state index < -0.39 is 0 Å². The van der Waals surface area contributed by atoms with Gasteiger partial charge < -0.3 is 0 Å². The van der Waals surface area contributed by atoms with Crippen molar-refractivity contribution in [3.8, 4) is 0 Å². The Bertz CT molecular complexity index is 1290. The molecule has 0 bridgehead atoms. The molecule has 0 radical (unpaired) electrons. The van der Waals surface area contributed by atoms with E-state index in [1.54, 1.807) is 0 Å². The van der Waals surface area contributed by atoms with E-state index in [4.69, 9.17) is 0 Å². The van der Waals surface area contributed by atoms with Crippen molar-refractivity contribution in [3.05, 3.63) is 140 Å². The largest absolute Gasteiger partial charge is 0.0961 e. The fraction of sp³-hybridized carbons (Fsp3) is 0.314. The van der Waals surface area contributed by atoms with Crippen LogP contribution in [0.25, 0.3) is 0 Å². The first-order valence-electron chi connectivity index (χ1n) is 12.8. The van der Waals surface area contributed by atoms with Crippen LogP contribution in [-0.2, 0) is 19.3 Å². The van der Waals surface area contributed by atoms with Crippen molar-refractivity contribution in [1.82, 2.24) is 0 Å². The van der Waals surface area contributed by atoms with Gasteiger partial charge in [0, 0.05) is 0 Å². The molecule has 0 aliphatic carbocycles. The number of benzene rings is 3. The van der Waals surface area contributed by atoms with Crippen LogP contribution in [0.1, 0.15) is 75.0 Å². The van der Waals surface area contributed by atoms with E-state index in [1.165, 1.54) is 66.8 Å². The predicted molar refractivity (Wildman–Crippen MR) is 155 cm³/mol. The van der Waals surface area contributed by atoms with Crippen LogP contribution in [0.2, 0.25) is 0 Å². The number of allylic oxidation sites excluding steroid dienone is 5. The van der Waals surface area contributed by atoms with Gasteiger partial charge in [0.25, 0.3) is 0 Å². The van der Waals surface area contributed by atoms with Gasteiger partial charge in [-0.1, -0.05) is 78.4 Å². The van der Waals surface area contributed by atoms with Gasteiger partial charge in [-0.2, -0.15) is 0 Å². The topological polar surface area (TPSA) is 0 Å². The van der Waals surface area contributed by atoms with Gasteiger partial charge in [-0.15, -0.1) is 0 Å². The first-order valence-corrected chi connectivity index (χ1v) is 12.8. The molecule has 182 valence electrons. The normalized spacial score (nSPS) is 11.9. The first-order chi connectivity index (χ1) is 16.6. The minimum atomic E-state index is 0.950. The SMILES string of the molecule is C=C(C)C=CC(=CC)Cc1cc(Cc2cc(C)c(C)c(Cc3ccc(C)cc3C)c2)cc(C)c1C. The van der Waals surface area contributed by atoms with Crippen molar-refractivity contribution in [3.63, 3.8) is 0 Å². The third-order valence-corrected chi connectivity index (χ3v) is 7.30. The zero-order valence-corrected chi connectivity index (χ0v) is 23.1. The highest BCUT2D eigenvalue weighted by Crippen LogP contribution is 2.26. The average Bonchev–Trinajstić information content (AvgIpc) is 2.79. The zero-order valence-electron chi connectivity index (χ0n) is 23.1. The van der Waals surface area contributed by atoms with Crippen LogP contribution in [-0.4, -0.2) is 0 Å². The van der Waals surface area contributed by atoms with Crippen molar-refractivity contribution < 1.29 is 0 Å². The highest BCUT2D eigenvalue weighted by Gasteiger charge is 2.11. The molecule has 0 aliphatic heterocycles. The van der Waals surface area contributed by atoms with Crippen LogP contribution in [0, 0.1) is 41.5 Å². The molecule has 0 aromatic heterocycles. The van der Waals surface area contributed by atoms with Crippen LogP contribution < -0.4 is 0 Å². The summed E-state index contributed by atoms with van der Waals surface area (Å²) in [6.45, 7) is 21.6. The molecule has 0 saturated heterocycles. The van der Waals surface area contributed by atoms with E-state index in [2.05, 4.69) is 116 Å². The van der Waals surface area contributed by atoms with Crippen molar-refractivity contribution in [1.29, 1.82) is 0 Å². The molecule has 0 nitrogen and oxygen atoms in total. The minimum Gasteiger partial charge on any atom is -0.0961 e. The average molecular weight is 463 g/mol. The molecule has 0 N–H and O–H groups in total. The van der Waals surface area contributed by atoms with Crippen molar-refractivity contribution in [2.24, 2.45) is 0 Å². The monoisotopic (exact) mass is 462 g/mol. The Balaban J connectivity index is 1.91. The molecule has 0 saturated carbocycles. The molecule has 35 heavy (non-hydrogen) atoms. The summed E-state index contributed by atoms with van der Waals surface area (Å²) in [5.74, 6) is 0. The second-order valence-corrected chi connectivity index (χ2v) is 10.4. The standard InChI is InChI=1S/C35H42/c1-10-30(13-11-23(2)3)19-34-20-31(16-25(5)28(34)8)18-32-17-26(6)29(9)35(21-32)22-33-14-12-24(4)15-27(33)7/h10-17,20-21H,2,18-19,22H2,1,3-9H3. The summed E-state index contributed by atoms with van der Waals surface area (Å²) >= 11 is 0. The maximum atomic E-state index is 4.00. The quantitative estimate of drug-likeness (QED) is 0.292. The van der Waals surface area contributed by atoms with Gasteiger partial charge in [0.15, 0.2) is 0 Å². The molecular formula is C35H42. The second-order valence-electron chi connectivity index (χ2n) is 10.4. The van der Waals surface area contributed by atoms with E-state index in [0.717, 1.165) is 24.8 Å². The van der Waals surface area contributed by atoms with E-state index in [1.807, 2.05) is 6.92 Å². The van der Waals surface area contributed by atoms with Crippen LogP contribution >= 0.6 is 0 Å².